The second-order valence-electron chi connectivity index (χ2n) is 4.89. The zero-order chi connectivity index (χ0) is 15.0. The van der Waals surface area contributed by atoms with Crippen LogP contribution >= 0.6 is 0 Å². The van der Waals surface area contributed by atoms with Gasteiger partial charge in [-0.3, -0.25) is 0 Å². The molecule has 0 aliphatic carbocycles. The van der Waals surface area contributed by atoms with E-state index in [1.165, 1.54) is 10.4 Å². The van der Waals surface area contributed by atoms with Crippen LogP contribution in [0, 0.1) is 0 Å². The lowest BCUT2D eigenvalue weighted by Gasteiger charge is -2.32. The molecule has 1 aliphatic rings. The smallest absolute Gasteiger partial charge is 0.243 e. The molecule has 1 unspecified atom stereocenters. The van der Waals surface area contributed by atoms with Gasteiger partial charge in [-0.2, -0.15) is 4.31 Å². The predicted octanol–water partition coefficient (Wildman–Crippen LogP) is -0.0471. The SMILES string of the molecule is CC1CS(=O)(=O)CCN1S(=O)(=O)c1ccccc1CN. The Labute approximate surface area is 119 Å². The van der Waals surface area contributed by atoms with Crippen LogP contribution in [0.2, 0.25) is 0 Å². The van der Waals surface area contributed by atoms with Gasteiger partial charge < -0.3 is 5.73 Å². The van der Waals surface area contributed by atoms with E-state index < -0.39 is 25.9 Å². The van der Waals surface area contributed by atoms with E-state index in [1.54, 1.807) is 25.1 Å². The quantitative estimate of drug-likeness (QED) is 0.843. The fourth-order valence-electron chi connectivity index (χ4n) is 2.39. The zero-order valence-corrected chi connectivity index (χ0v) is 12.8. The van der Waals surface area contributed by atoms with Gasteiger partial charge in [-0.05, 0) is 18.6 Å². The van der Waals surface area contributed by atoms with E-state index in [9.17, 15) is 16.8 Å². The van der Waals surface area contributed by atoms with Gasteiger partial charge in [0.15, 0.2) is 9.84 Å². The fourth-order valence-corrected chi connectivity index (χ4v) is 6.02. The first-order valence-electron chi connectivity index (χ1n) is 6.28. The number of rotatable bonds is 3. The van der Waals surface area contributed by atoms with Crippen molar-refractivity contribution in [3.63, 3.8) is 0 Å². The summed E-state index contributed by atoms with van der Waals surface area (Å²) in [5, 5.41) is 0. The average molecular weight is 318 g/mol. The molecule has 0 aromatic heterocycles. The summed E-state index contributed by atoms with van der Waals surface area (Å²) in [6, 6.07) is 5.97. The van der Waals surface area contributed by atoms with Crippen LogP contribution in [0.15, 0.2) is 29.2 Å². The van der Waals surface area contributed by atoms with Crippen LogP contribution in [0.25, 0.3) is 0 Å². The third kappa shape index (κ3) is 2.88. The average Bonchev–Trinajstić information content (AvgIpc) is 2.37. The second-order valence-corrected chi connectivity index (χ2v) is 8.98. The summed E-state index contributed by atoms with van der Waals surface area (Å²) in [4.78, 5) is 0.161. The summed E-state index contributed by atoms with van der Waals surface area (Å²) < 4.78 is 49.7. The van der Waals surface area contributed by atoms with Gasteiger partial charge in [-0.1, -0.05) is 18.2 Å². The maximum atomic E-state index is 12.7. The number of hydrogen-bond donors (Lipinski definition) is 1. The summed E-state index contributed by atoms with van der Waals surface area (Å²) in [7, 11) is -6.87. The van der Waals surface area contributed by atoms with Crippen molar-refractivity contribution in [3.8, 4) is 0 Å². The van der Waals surface area contributed by atoms with E-state index in [-0.39, 0.29) is 29.5 Å². The van der Waals surface area contributed by atoms with Crippen LogP contribution in [0.3, 0.4) is 0 Å². The van der Waals surface area contributed by atoms with Gasteiger partial charge in [-0.15, -0.1) is 0 Å². The molecule has 112 valence electrons. The number of benzene rings is 1. The van der Waals surface area contributed by atoms with Crippen LogP contribution in [0.4, 0.5) is 0 Å². The third-order valence-electron chi connectivity index (χ3n) is 3.39. The highest BCUT2D eigenvalue weighted by Gasteiger charge is 2.37. The van der Waals surface area contributed by atoms with Crippen molar-refractivity contribution in [2.75, 3.05) is 18.1 Å². The van der Waals surface area contributed by atoms with Crippen molar-refractivity contribution < 1.29 is 16.8 Å². The van der Waals surface area contributed by atoms with E-state index in [0.717, 1.165) is 0 Å². The van der Waals surface area contributed by atoms with Crippen LogP contribution < -0.4 is 5.73 Å². The summed E-state index contributed by atoms with van der Waals surface area (Å²) in [6.07, 6.45) is 0. The fraction of sp³-hybridized carbons (Fsp3) is 0.500. The van der Waals surface area contributed by atoms with Gasteiger partial charge in [0.1, 0.15) is 0 Å². The minimum atomic E-state index is -3.72. The molecule has 2 N–H and O–H groups in total. The van der Waals surface area contributed by atoms with Gasteiger partial charge in [-0.25, -0.2) is 16.8 Å². The van der Waals surface area contributed by atoms with Crippen LogP contribution in [-0.4, -0.2) is 45.2 Å². The number of nitrogens with zero attached hydrogens (tertiary/aromatic N) is 1. The second kappa shape index (κ2) is 5.44. The van der Waals surface area contributed by atoms with Crippen molar-refractivity contribution in [1.82, 2.24) is 4.31 Å². The van der Waals surface area contributed by atoms with Crippen LogP contribution in [-0.2, 0) is 26.4 Å². The first-order valence-corrected chi connectivity index (χ1v) is 9.54. The van der Waals surface area contributed by atoms with E-state index >= 15 is 0 Å². The Balaban J connectivity index is 2.41. The van der Waals surface area contributed by atoms with Crippen LogP contribution in [0.5, 0.6) is 0 Å². The molecule has 0 radical (unpaired) electrons. The minimum Gasteiger partial charge on any atom is -0.326 e. The molecule has 1 saturated heterocycles. The molecule has 1 fully saturated rings. The predicted molar refractivity (Wildman–Crippen MR) is 76.3 cm³/mol. The maximum Gasteiger partial charge on any atom is 0.243 e. The third-order valence-corrected chi connectivity index (χ3v) is 7.30. The van der Waals surface area contributed by atoms with E-state index in [4.69, 9.17) is 5.73 Å². The Morgan fingerprint density at radius 1 is 1.35 bits per heavy atom. The summed E-state index contributed by atoms with van der Waals surface area (Å²) in [5.41, 5.74) is 6.11. The number of sulfonamides is 1. The monoisotopic (exact) mass is 318 g/mol. The molecule has 6 nitrogen and oxygen atoms in total. The van der Waals surface area contributed by atoms with E-state index in [1.807, 2.05) is 0 Å². The normalized spacial score (nSPS) is 23.6. The van der Waals surface area contributed by atoms with E-state index in [2.05, 4.69) is 0 Å². The molecule has 0 bridgehead atoms. The topological polar surface area (TPSA) is 97.5 Å². The molecule has 0 saturated carbocycles. The van der Waals surface area contributed by atoms with Gasteiger partial charge in [0.05, 0.1) is 16.4 Å². The highest BCUT2D eigenvalue weighted by molar-refractivity contribution is 7.92. The molecule has 1 atom stereocenters. The van der Waals surface area contributed by atoms with Gasteiger partial charge >= 0.3 is 0 Å². The van der Waals surface area contributed by atoms with Crippen molar-refractivity contribution in [2.24, 2.45) is 5.73 Å². The van der Waals surface area contributed by atoms with Gasteiger partial charge in [0.25, 0.3) is 0 Å². The van der Waals surface area contributed by atoms with Gasteiger partial charge in [0, 0.05) is 19.1 Å². The van der Waals surface area contributed by atoms with Crippen LogP contribution in [0.1, 0.15) is 12.5 Å². The molecule has 0 spiro atoms. The Morgan fingerprint density at radius 2 is 2.00 bits per heavy atom. The lowest BCUT2D eigenvalue weighted by Crippen LogP contribution is -2.49. The first-order chi connectivity index (χ1) is 9.28. The van der Waals surface area contributed by atoms with Crippen molar-refractivity contribution >= 4 is 19.9 Å². The molecule has 8 heteroatoms. The molecule has 1 heterocycles. The van der Waals surface area contributed by atoms with Crippen molar-refractivity contribution in [3.05, 3.63) is 29.8 Å². The lowest BCUT2D eigenvalue weighted by atomic mass is 10.2. The largest absolute Gasteiger partial charge is 0.326 e. The van der Waals surface area contributed by atoms with Crippen molar-refractivity contribution in [2.45, 2.75) is 24.4 Å². The Morgan fingerprint density at radius 3 is 2.60 bits per heavy atom. The van der Waals surface area contributed by atoms with Crippen molar-refractivity contribution in [1.29, 1.82) is 0 Å². The summed E-state index contributed by atoms with van der Waals surface area (Å²) in [6.45, 7) is 1.72. The Kier molecular flexibility index (Phi) is 4.19. The summed E-state index contributed by atoms with van der Waals surface area (Å²) in [5.74, 6) is -0.279. The highest BCUT2D eigenvalue weighted by atomic mass is 32.2. The number of hydrogen-bond acceptors (Lipinski definition) is 5. The summed E-state index contributed by atoms with van der Waals surface area (Å²) >= 11 is 0. The molecular weight excluding hydrogens is 300 g/mol. The number of nitrogens with two attached hydrogens (primary N) is 1. The maximum absolute atomic E-state index is 12.7. The molecule has 1 aromatic carbocycles. The lowest BCUT2D eigenvalue weighted by molar-refractivity contribution is 0.356. The van der Waals surface area contributed by atoms with E-state index in [0.29, 0.717) is 5.56 Å². The first kappa shape index (κ1) is 15.4. The van der Waals surface area contributed by atoms with Gasteiger partial charge in [0.2, 0.25) is 10.0 Å². The molecular formula is C12H18N2O4S2. The molecule has 2 rings (SSSR count). The molecule has 1 aliphatic heterocycles. The Hall–Kier alpha value is -0.960. The highest BCUT2D eigenvalue weighted by Crippen LogP contribution is 2.24. The molecule has 0 amide bonds. The standard InChI is InChI=1S/C12H18N2O4S2/c1-10-9-19(15,16)7-6-14(10)20(17,18)12-5-3-2-4-11(12)8-13/h2-5,10H,6-9,13H2,1H3. The number of sulfone groups is 1. The molecule has 1 aromatic rings. The minimum absolute atomic E-state index is 0.00919. The Bertz CT molecular complexity index is 698. The zero-order valence-electron chi connectivity index (χ0n) is 11.2. The molecule has 20 heavy (non-hydrogen) atoms.